The van der Waals surface area contributed by atoms with E-state index in [-0.39, 0.29) is 5.91 Å². The van der Waals surface area contributed by atoms with Crippen LogP contribution in [0, 0.1) is 5.41 Å². The predicted octanol–water partition coefficient (Wildman–Crippen LogP) is 0.842. The second kappa shape index (κ2) is 5.26. The van der Waals surface area contributed by atoms with Gasteiger partial charge >= 0.3 is 5.97 Å². The van der Waals surface area contributed by atoms with Gasteiger partial charge in [0.05, 0.1) is 5.41 Å². The first-order valence-electron chi connectivity index (χ1n) is 6.82. The first-order chi connectivity index (χ1) is 8.57. The van der Waals surface area contributed by atoms with Crippen LogP contribution in [0.3, 0.4) is 0 Å². The highest BCUT2D eigenvalue weighted by atomic mass is 16.4. The third kappa shape index (κ3) is 2.83. The molecular weight excluding hydrogens is 232 g/mol. The number of carbonyl (C=O) groups is 2. The van der Waals surface area contributed by atoms with Gasteiger partial charge in [-0.3, -0.25) is 9.59 Å². The summed E-state index contributed by atoms with van der Waals surface area (Å²) in [4.78, 5) is 25.0. The van der Waals surface area contributed by atoms with Gasteiger partial charge in [0.1, 0.15) is 0 Å². The third-order valence-electron chi connectivity index (χ3n) is 4.19. The van der Waals surface area contributed by atoms with Gasteiger partial charge < -0.3 is 15.3 Å². The second-order valence-corrected chi connectivity index (χ2v) is 5.48. The number of rotatable bonds is 6. The Kier molecular flexibility index (Phi) is 3.90. The highest BCUT2D eigenvalue weighted by Gasteiger charge is 2.44. The van der Waals surface area contributed by atoms with Gasteiger partial charge in [-0.05, 0) is 25.7 Å². The number of nitrogens with zero attached hydrogens (tertiary/aromatic N) is 1. The molecule has 0 aromatic carbocycles. The number of likely N-dealkylation sites (tertiary alicyclic amines) is 1. The van der Waals surface area contributed by atoms with Crippen molar-refractivity contribution in [2.75, 3.05) is 19.6 Å². The molecule has 5 nitrogen and oxygen atoms in total. The quantitative estimate of drug-likeness (QED) is 0.737. The van der Waals surface area contributed by atoms with Crippen molar-refractivity contribution in [1.29, 1.82) is 0 Å². The molecule has 18 heavy (non-hydrogen) atoms. The van der Waals surface area contributed by atoms with E-state index in [1.807, 2.05) is 6.92 Å². The van der Waals surface area contributed by atoms with E-state index in [1.54, 1.807) is 4.90 Å². The van der Waals surface area contributed by atoms with E-state index in [9.17, 15) is 14.7 Å². The van der Waals surface area contributed by atoms with Crippen LogP contribution in [0.4, 0.5) is 0 Å². The molecule has 1 unspecified atom stereocenters. The van der Waals surface area contributed by atoms with Crippen molar-refractivity contribution in [2.24, 2.45) is 5.41 Å². The molecular formula is C13H22N2O3. The number of carboxylic acids is 1. The zero-order chi connectivity index (χ0) is 13.2. The highest BCUT2D eigenvalue weighted by molar-refractivity contribution is 5.80. The van der Waals surface area contributed by atoms with E-state index in [1.165, 1.54) is 12.8 Å². The van der Waals surface area contributed by atoms with Crippen LogP contribution < -0.4 is 5.32 Å². The summed E-state index contributed by atoms with van der Waals surface area (Å²) in [6.07, 6.45) is 4.09. The number of amides is 1. The molecule has 1 heterocycles. The second-order valence-electron chi connectivity index (χ2n) is 5.48. The van der Waals surface area contributed by atoms with E-state index >= 15 is 0 Å². The maximum Gasteiger partial charge on any atom is 0.311 e. The fourth-order valence-corrected chi connectivity index (χ4v) is 2.53. The van der Waals surface area contributed by atoms with Crippen molar-refractivity contribution >= 4 is 11.9 Å². The standard InChI is InChI=1S/C13H22N2O3/c1-2-13(12(17)18)6-8-15(9-13)11(16)5-7-14-10-3-4-10/h10,14H,2-9H2,1H3,(H,17,18). The number of hydrogen-bond acceptors (Lipinski definition) is 3. The number of carboxylic acid groups (broad SMARTS) is 1. The summed E-state index contributed by atoms with van der Waals surface area (Å²) in [5.74, 6) is -0.684. The Hall–Kier alpha value is -1.10. The van der Waals surface area contributed by atoms with Crippen molar-refractivity contribution in [3.05, 3.63) is 0 Å². The Morgan fingerprint density at radius 3 is 2.67 bits per heavy atom. The molecule has 2 rings (SSSR count). The van der Waals surface area contributed by atoms with Gasteiger partial charge in [0, 0.05) is 32.1 Å². The van der Waals surface area contributed by atoms with Gasteiger partial charge in [-0.15, -0.1) is 0 Å². The lowest BCUT2D eigenvalue weighted by molar-refractivity contribution is -0.148. The first kappa shape index (κ1) is 13.3. The minimum atomic E-state index is -0.767. The average Bonchev–Trinajstić information content (AvgIpc) is 3.06. The summed E-state index contributed by atoms with van der Waals surface area (Å²) in [6.45, 7) is 3.56. The van der Waals surface area contributed by atoms with Crippen LogP contribution in [-0.2, 0) is 9.59 Å². The van der Waals surface area contributed by atoms with E-state index in [4.69, 9.17) is 0 Å². The Balaban J connectivity index is 1.79. The molecule has 1 amide bonds. The summed E-state index contributed by atoms with van der Waals surface area (Å²) in [5.41, 5.74) is -0.709. The van der Waals surface area contributed by atoms with Crippen LogP contribution in [0.25, 0.3) is 0 Å². The molecule has 2 N–H and O–H groups in total. The normalized spacial score (nSPS) is 27.5. The lowest BCUT2D eigenvalue weighted by Crippen LogP contribution is -2.37. The zero-order valence-electron chi connectivity index (χ0n) is 10.9. The Morgan fingerprint density at radius 2 is 2.17 bits per heavy atom. The van der Waals surface area contributed by atoms with Gasteiger partial charge in [0.15, 0.2) is 0 Å². The smallest absolute Gasteiger partial charge is 0.311 e. The van der Waals surface area contributed by atoms with Gasteiger partial charge in [-0.1, -0.05) is 6.92 Å². The highest BCUT2D eigenvalue weighted by Crippen LogP contribution is 2.34. The molecule has 1 atom stereocenters. The van der Waals surface area contributed by atoms with Gasteiger partial charge in [-0.25, -0.2) is 0 Å². The van der Waals surface area contributed by atoms with Crippen molar-refractivity contribution in [3.8, 4) is 0 Å². The van der Waals surface area contributed by atoms with Crippen LogP contribution in [-0.4, -0.2) is 47.6 Å². The lowest BCUT2D eigenvalue weighted by Gasteiger charge is -2.23. The Bertz CT molecular complexity index is 341. The monoisotopic (exact) mass is 254 g/mol. The van der Waals surface area contributed by atoms with Crippen molar-refractivity contribution < 1.29 is 14.7 Å². The molecule has 0 bridgehead atoms. The molecule has 1 saturated carbocycles. The van der Waals surface area contributed by atoms with E-state index < -0.39 is 11.4 Å². The minimum absolute atomic E-state index is 0.0831. The lowest BCUT2D eigenvalue weighted by atomic mass is 9.84. The van der Waals surface area contributed by atoms with E-state index in [0.717, 1.165) is 0 Å². The fourth-order valence-electron chi connectivity index (χ4n) is 2.53. The van der Waals surface area contributed by atoms with Crippen LogP contribution in [0.1, 0.15) is 39.0 Å². The SMILES string of the molecule is CCC1(C(=O)O)CCN(C(=O)CCNC2CC2)C1. The topological polar surface area (TPSA) is 69.6 Å². The molecule has 5 heteroatoms. The van der Waals surface area contributed by atoms with Crippen molar-refractivity contribution in [1.82, 2.24) is 10.2 Å². The summed E-state index contributed by atoms with van der Waals surface area (Å²) in [6, 6.07) is 0.616. The largest absolute Gasteiger partial charge is 0.481 e. The number of nitrogens with one attached hydrogen (secondary N) is 1. The van der Waals surface area contributed by atoms with Gasteiger partial charge in [-0.2, -0.15) is 0 Å². The molecule has 1 aliphatic heterocycles. The molecule has 1 saturated heterocycles. The molecule has 0 radical (unpaired) electrons. The summed E-state index contributed by atoms with van der Waals surface area (Å²) < 4.78 is 0. The predicted molar refractivity (Wildman–Crippen MR) is 67.2 cm³/mol. The first-order valence-corrected chi connectivity index (χ1v) is 6.82. The third-order valence-corrected chi connectivity index (χ3v) is 4.19. The molecule has 0 spiro atoms. The van der Waals surface area contributed by atoms with Crippen LogP contribution >= 0.6 is 0 Å². The number of aliphatic carboxylic acids is 1. The van der Waals surface area contributed by atoms with Crippen molar-refractivity contribution in [3.63, 3.8) is 0 Å². The van der Waals surface area contributed by atoms with E-state index in [2.05, 4.69) is 5.32 Å². The Labute approximate surface area is 108 Å². The molecule has 0 aromatic heterocycles. The maximum absolute atomic E-state index is 12.0. The average molecular weight is 254 g/mol. The van der Waals surface area contributed by atoms with Gasteiger partial charge in [0.2, 0.25) is 5.91 Å². The van der Waals surface area contributed by atoms with Crippen LogP contribution in [0.15, 0.2) is 0 Å². The van der Waals surface area contributed by atoms with Crippen LogP contribution in [0.5, 0.6) is 0 Å². The Morgan fingerprint density at radius 1 is 1.44 bits per heavy atom. The van der Waals surface area contributed by atoms with Gasteiger partial charge in [0.25, 0.3) is 0 Å². The minimum Gasteiger partial charge on any atom is -0.481 e. The van der Waals surface area contributed by atoms with Crippen LogP contribution in [0.2, 0.25) is 0 Å². The molecule has 1 aliphatic carbocycles. The van der Waals surface area contributed by atoms with Crippen molar-refractivity contribution in [2.45, 2.75) is 45.1 Å². The molecule has 2 fully saturated rings. The summed E-state index contributed by atoms with van der Waals surface area (Å²) in [7, 11) is 0. The summed E-state index contributed by atoms with van der Waals surface area (Å²) in [5, 5.41) is 12.6. The fraction of sp³-hybridized carbons (Fsp3) is 0.846. The summed E-state index contributed by atoms with van der Waals surface area (Å²) >= 11 is 0. The molecule has 0 aromatic rings. The molecule has 2 aliphatic rings. The number of carbonyl (C=O) groups excluding carboxylic acids is 1. The van der Waals surface area contributed by atoms with E-state index in [0.29, 0.717) is 44.9 Å². The maximum atomic E-state index is 12.0. The zero-order valence-corrected chi connectivity index (χ0v) is 10.9. The molecule has 102 valence electrons. The number of hydrogen-bond donors (Lipinski definition) is 2.